The number of rotatable bonds is 15. The SMILES string of the molecule is CCCCCCCN(C(=O)C(CCSC)NC(=O)OC(C)(C)C)C(C(=O)NC(C)C)c1ccc(C)cc1C. The summed E-state index contributed by atoms with van der Waals surface area (Å²) in [5, 5.41) is 5.85. The lowest BCUT2D eigenvalue weighted by Gasteiger charge is -2.35. The van der Waals surface area contributed by atoms with Crippen LogP contribution < -0.4 is 10.6 Å². The summed E-state index contributed by atoms with van der Waals surface area (Å²) in [6.07, 6.45) is 6.87. The molecule has 0 radical (unpaired) electrons. The highest BCUT2D eigenvalue weighted by molar-refractivity contribution is 7.98. The molecule has 0 aliphatic heterocycles. The van der Waals surface area contributed by atoms with E-state index in [2.05, 4.69) is 17.6 Å². The molecule has 3 amide bonds. The van der Waals surface area contributed by atoms with E-state index in [1.165, 1.54) is 0 Å². The minimum atomic E-state index is -0.798. The average molecular weight is 550 g/mol. The van der Waals surface area contributed by atoms with Gasteiger partial charge in [0, 0.05) is 12.6 Å². The standard InChI is InChI=1S/C30H51N3O4S/c1-10-11-12-13-14-18-33(28(35)25(17-19-38-9)32-29(36)37-30(6,7)8)26(27(34)31-21(2)3)24-16-15-22(4)20-23(24)5/h15-16,20-21,25-26H,10-14,17-19H2,1-9H3,(H,31,34)(H,32,36). The van der Waals surface area contributed by atoms with Crippen LogP contribution in [0.1, 0.15) is 103 Å². The molecule has 0 saturated carbocycles. The molecule has 1 aromatic carbocycles. The van der Waals surface area contributed by atoms with Crippen LogP contribution >= 0.6 is 11.8 Å². The van der Waals surface area contributed by atoms with Crippen molar-refractivity contribution in [3.63, 3.8) is 0 Å². The Bertz CT molecular complexity index is 898. The Hall–Kier alpha value is -2.22. The molecule has 0 aliphatic carbocycles. The molecule has 0 saturated heterocycles. The van der Waals surface area contributed by atoms with Crippen LogP contribution in [0, 0.1) is 13.8 Å². The number of ether oxygens (including phenoxy) is 1. The van der Waals surface area contributed by atoms with Crippen molar-refractivity contribution >= 4 is 29.7 Å². The fourth-order valence-corrected chi connectivity index (χ4v) is 4.81. The van der Waals surface area contributed by atoms with Crippen LogP contribution in [0.25, 0.3) is 0 Å². The summed E-state index contributed by atoms with van der Waals surface area (Å²) in [5.74, 6) is 0.210. The van der Waals surface area contributed by atoms with Gasteiger partial charge in [0.2, 0.25) is 11.8 Å². The van der Waals surface area contributed by atoms with Crippen molar-refractivity contribution in [2.24, 2.45) is 0 Å². The second-order valence-electron chi connectivity index (χ2n) is 11.4. The molecule has 38 heavy (non-hydrogen) atoms. The first-order valence-corrected chi connectivity index (χ1v) is 15.4. The first-order valence-electron chi connectivity index (χ1n) is 14.0. The zero-order chi connectivity index (χ0) is 28.9. The Morgan fingerprint density at radius 3 is 2.24 bits per heavy atom. The van der Waals surface area contributed by atoms with E-state index in [0.717, 1.165) is 48.8 Å². The second-order valence-corrected chi connectivity index (χ2v) is 12.3. The smallest absolute Gasteiger partial charge is 0.408 e. The zero-order valence-corrected chi connectivity index (χ0v) is 25.9. The molecule has 1 rings (SSSR count). The van der Waals surface area contributed by atoms with Crippen LogP contribution in [0.3, 0.4) is 0 Å². The summed E-state index contributed by atoms with van der Waals surface area (Å²) in [4.78, 5) is 42.3. The largest absolute Gasteiger partial charge is 0.444 e. The summed E-state index contributed by atoms with van der Waals surface area (Å²) in [6, 6.07) is 4.29. The van der Waals surface area contributed by atoms with Crippen LogP contribution in [-0.4, -0.2) is 59.0 Å². The third kappa shape index (κ3) is 12.1. The topological polar surface area (TPSA) is 87.7 Å². The van der Waals surface area contributed by atoms with Crippen molar-refractivity contribution in [2.75, 3.05) is 18.6 Å². The number of hydrogen-bond donors (Lipinski definition) is 2. The third-order valence-electron chi connectivity index (χ3n) is 6.10. The molecule has 7 nitrogen and oxygen atoms in total. The number of benzene rings is 1. The quantitative estimate of drug-likeness (QED) is 0.250. The van der Waals surface area contributed by atoms with Crippen LogP contribution in [0.4, 0.5) is 4.79 Å². The molecular formula is C30H51N3O4S. The number of thioether (sulfide) groups is 1. The molecule has 1 aromatic rings. The molecule has 2 atom stereocenters. The van der Waals surface area contributed by atoms with Gasteiger partial charge in [-0.3, -0.25) is 9.59 Å². The van der Waals surface area contributed by atoms with E-state index in [1.807, 2.05) is 52.1 Å². The maximum Gasteiger partial charge on any atom is 0.408 e. The van der Waals surface area contributed by atoms with Crippen LogP contribution in [-0.2, 0) is 14.3 Å². The molecular weight excluding hydrogens is 498 g/mol. The van der Waals surface area contributed by atoms with E-state index in [1.54, 1.807) is 37.4 Å². The molecule has 0 aromatic heterocycles. The molecule has 0 aliphatic rings. The van der Waals surface area contributed by atoms with Crippen LogP contribution in [0.5, 0.6) is 0 Å². The number of carbonyl (C=O) groups is 3. The van der Waals surface area contributed by atoms with Gasteiger partial charge >= 0.3 is 6.09 Å². The van der Waals surface area contributed by atoms with Gasteiger partial charge in [-0.15, -0.1) is 0 Å². The molecule has 2 unspecified atom stereocenters. The summed E-state index contributed by atoms with van der Waals surface area (Å²) in [5.41, 5.74) is 2.17. The van der Waals surface area contributed by atoms with Gasteiger partial charge < -0.3 is 20.3 Å². The predicted molar refractivity (Wildman–Crippen MR) is 159 cm³/mol. The zero-order valence-electron chi connectivity index (χ0n) is 25.1. The average Bonchev–Trinajstić information content (AvgIpc) is 2.79. The van der Waals surface area contributed by atoms with E-state index in [0.29, 0.717) is 18.7 Å². The summed E-state index contributed by atoms with van der Waals surface area (Å²) >= 11 is 1.61. The summed E-state index contributed by atoms with van der Waals surface area (Å²) in [6.45, 7) is 15.8. The van der Waals surface area contributed by atoms with Gasteiger partial charge in [-0.1, -0.05) is 56.4 Å². The molecule has 216 valence electrons. The van der Waals surface area contributed by atoms with Crippen LogP contribution in [0.15, 0.2) is 18.2 Å². The van der Waals surface area contributed by atoms with Gasteiger partial charge in [0.05, 0.1) is 0 Å². The molecule has 0 fully saturated rings. The maximum absolute atomic E-state index is 14.2. The van der Waals surface area contributed by atoms with E-state index >= 15 is 0 Å². The van der Waals surface area contributed by atoms with Gasteiger partial charge in [-0.25, -0.2) is 4.79 Å². The van der Waals surface area contributed by atoms with Gasteiger partial charge in [0.25, 0.3) is 0 Å². The van der Waals surface area contributed by atoms with E-state index in [-0.39, 0.29) is 17.9 Å². The monoisotopic (exact) mass is 549 g/mol. The first-order chi connectivity index (χ1) is 17.8. The molecule has 8 heteroatoms. The van der Waals surface area contributed by atoms with Crippen molar-refractivity contribution in [1.82, 2.24) is 15.5 Å². The molecule has 0 bridgehead atoms. The lowest BCUT2D eigenvalue weighted by Crippen LogP contribution is -2.54. The fourth-order valence-electron chi connectivity index (χ4n) is 4.34. The van der Waals surface area contributed by atoms with Gasteiger partial charge in [-0.2, -0.15) is 11.8 Å². The Kier molecular flexibility index (Phi) is 14.8. The fraction of sp³-hybridized carbons (Fsp3) is 0.700. The van der Waals surface area contributed by atoms with E-state index in [4.69, 9.17) is 4.74 Å². The van der Waals surface area contributed by atoms with Crippen molar-refractivity contribution in [3.8, 4) is 0 Å². The number of nitrogens with one attached hydrogen (secondary N) is 2. The Morgan fingerprint density at radius 2 is 1.68 bits per heavy atom. The number of amides is 3. The summed E-state index contributed by atoms with van der Waals surface area (Å²) in [7, 11) is 0. The molecule has 0 heterocycles. The number of unbranched alkanes of at least 4 members (excludes halogenated alkanes) is 4. The third-order valence-corrected chi connectivity index (χ3v) is 6.74. The number of aryl methyl sites for hydroxylation is 2. The maximum atomic E-state index is 14.2. The number of nitrogens with zero attached hydrogens (tertiary/aromatic N) is 1. The molecule has 2 N–H and O–H groups in total. The second kappa shape index (κ2) is 16.7. The normalized spacial score (nSPS) is 13.1. The van der Waals surface area contributed by atoms with Crippen molar-refractivity contribution in [3.05, 3.63) is 34.9 Å². The van der Waals surface area contributed by atoms with Crippen LogP contribution in [0.2, 0.25) is 0 Å². The highest BCUT2D eigenvalue weighted by atomic mass is 32.2. The van der Waals surface area contributed by atoms with Crippen molar-refractivity contribution in [2.45, 2.75) is 118 Å². The lowest BCUT2D eigenvalue weighted by molar-refractivity contribution is -0.142. The Morgan fingerprint density at radius 1 is 1.03 bits per heavy atom. The number of hydrogen-bond acceptors (Lipinski definition) is 5. The van der Waals surface area contributed by atoms with Gasteiger partial charge in [0.15, 0.2) is 0 Å². The highest BCUT2D eigenvalue weighted by Gasteiger charge is 2.36. The van der Waals surface area contributed by atoms with Crippen molar-refractivity contribution in [1.29, 1.82) is 0 Å². The molecule has 0 spiro atoms. The first kappa shape index (κ1) is 33.8. The lowest BCUT2D eigenvalue weighted by atomic mass is 9.95. The van der Waals surface area contributed by atoms with Gasteiger partial charge in [0.1, 0.15) is 17.7 Å². The summed E-state index contributed by atoms with van der Waals surface area (Å²) < 4.78 is 5.47. The Balaban J connectivity index is 3.49. The van der Waals surface area contributed by atoms with E-state index < -0.39 is 23.8 Å². The predicted octanol–water partition coefficient (Wildman–Crippen LogP) is 6.31. The minimum Gasteiger partial charge on any atom is -0.444 e. The Labute approximate surface area is 235 Å². The highest BCUT2D eigenvalue weighted by Crippen LogP contribution is 2.28. The van der Waals surface area contributed by atoms with E-state index in [9.17, 15) is 14.4 Å². The van der Waals surface area contributed by atoms with Gasteiger partial charge in [-0.05, 0) is 84.4 Å². The van der Waals surface area contributed by atoms with Crippen molar-refractivity contribution < 1.29 is 19.1 Å². The number of alkyl carbamates (subject to hydrolysis) is 1. The minimum absolute atomic E-state index is 0.0792. The number of carbonyl (C=O) groups excluding carboxylic acids is 3.